The van der Waals surface area contributed by atoms with Gasteiger partial charge in [-0.2, -0.15) is 0 Å². The van der Waals surface area contributed by atoms with E-state index in [0.29, 0.717) is 17.5 Å². The molecule has 0 aliphatic heterocycles. The predicted molar refractivity (Wildman–Crippen MR) is 61.1 cm³/mol. The van der Waals surface area contributed by atoms with Crippen LogP contribution < -0.4 is 11.1 Å². The van der Waals surface area contributed by atoms with Gasteiger partial charge in [0.05, 0.1) is 11.0 Å². The van der Waals surface area contributed by atoms with Gasteiger partial charge in [0.25, 0.3) is 0 Å². The molecule has 0 saturated carbocycles. The van der Waals surface area contributed by atoms with Crippen LogP contribution in [-0.4, -0.2) is 21.0 Å². The second-order valence-electron chi connectivity index (χ2n) is 3.68. The summed E-state index contributed by atoms with van der Waals surface area (Å²) in [6, 6.07) is 5.03. The SMILES string of the molecule is O=C(O)CCc1ccc2[nH]c(=O)c(=O)[nH]c2c1. The van der Waals surface area contributed by atoms with Crippen molar-refractivity contribution in [1.29, 1.82) is 0 Å². The number of fused-ring (bicyclic) bond motifs is 1. The van der Waals surface area contributed by atoms with Gasteiger partial charge in [-0.1, -0.05) is 6.07 Å². The molecule has 2 aromatic rings. The monoisotopic (exact) mass is 234 g/mol. The molecule has 6 nitrogen and oxygen atoms in total. The second-order valence-corrected chi connectivity index (χ2v) is 3.68. The Kier molecular flexibility index (Phi) is 2.78. The molecule has 6 heteroatoms. The van der Waals surface area contributed by atoms with Crippen molar-refractivity contribution in [2.24, 2.45) is 0 Å². The van der Waals surface area contributed by atoms with E-state index < -0.39 is 17.1 Å². The highest BCUT2D eigenvalue weighted by Crippen LogP contribution is 2.10. The van der Waals surface area contributed by atoms with Crippen molar-refractivity contribution in [3.05, 3.63) is 44.5 Å². The first-order valence-electron chi connectivity index (χ1n) is 5.03. The Hall–Kier alpha value is -2.37. The Balaban J connectivity index is 2.43. The molecule has 0 aliphatic carbocycles. The van der Waals surface area contributed by atoms with Gasteiger partial charge in [-0.25, -0.2) is 0 Å². The maximum atomic E-state index is 11.1. The Morgan fingerprint density at radius 3 is 2.41 bits per heavy atom. The zero-order chi connectivity index (χ0) is 12.4. The summed E-state index contributed by atoms with van der Waals surface area (Å²) in [5.41, 5.74) is 0.400. The Morgan fingerprint density at radius 1 is 1.12 bits per heavy atom. The minimum atomic E-state index is -0.875. The molecule has 2 rings (SSSR count). The number of aliphatic carboxylic acids is 1. The summed E-state index contributed by atoms with van der Waals surface area (Å²) in [5, 5.41) is 8.56. The van der Waals surface area contributed by atoms with E-state index in [1.54, 1.807) is 18.2 Å². The van der Waals surface area contributed by atoms with Gasteiger partial charge in [-0.3, -0.25) is 14.4 Å². The van der Waals surface area contributed by atoms with Crippen molar-refractivity contribution in [1.82, 2.24) is 9.97 Å². The molecular weight excluding hydrogens is 224 g/mol. The van der Waals surface area contributed by atoms with E-state index in [9.17, 15) is 14.4 Å². The van der Waals surface area contributed by atoms with Crippen molar-refractivity contribution in [3.63, 3.8) is 0 Å². The number of carbonyl (C=O) groups is 1. The first-order chi connectivity index (χ1) is 8.06. The summed E-state index contributed by atoms with van der Waals surface area (Å²) in [6.45, 7) is 0. The lowest BCUT2D eigenvalue weighted by atomic mass is 10.1. The van der Waals surface area contributed by atoms with Crippen molar-refractivity contribution in [2.45, 2.75) is 12.8 Å². The summed E-state index contributed by atoms with van der Waals surface area (Å²) in [7, 11) is 0. The van der Waals surface area contributed by atoms with Crippen LogP contribution in [0.4, 0.5) is 0 Å². The van der Waals surface area contributed by atoms with E-state index in [4.69, 9.17) is 5.11 Å². The molecule has 0 saturated heterocycles. The Labute approximate surface area is 94.9 Å². The zero-order valence-electron chi connectivity index (χ0n) is 8.82. The number of nitrogens with one attached hydrogen (secondary N) is 2. The molecule has 88 valence electrons. The number of H-pyrrole nitrogens is 2. The maximum Gasteiger partial charge on any atom is 0.314 e. The van der Waals surface area contributed by atoms with Gasteiger partial charge in [-0.05, 0) is 24.1 Å². The predicted octanol–water partition coefficient (Wildman–Crippen LogP) is 0.234. The van der Waals surface area contributed by atoms with Crippen LogP contribution in [-0.2, 0) is 11.2 Å². The Morgan fingerprint density at radius 2 is 1.76 bits per heavy atom. The summed E-state index contributed by atoms with van der Waals surface area (Å²) in [5.74, 6) is -0.875. The molecule has 1 heterocycles. The summed E-state index contributed by atoms with van der Waals surface area (Å²) in [6.07, 6.45) is 0.408. The molecule has 0 bridgehead atoms. The highest BCUT2D eigenvalue weighted by atomic mass is 16.4. The van der Waals surface area contributed by atoms with Gasteiger partial charge in [0.1, 0.15) is 0 Å². The number of aryl methyl sites for hydroxylation is 1. The van der Waals surface area contributed by atoms with Crippen molar-refractivity contribution < 1.29 is 9.90 Å². The fraction of sp³-hybridized carbons (Fsp3) is 0.182. The maximum absolute atomic E-state index is 11.1. The average molecular weight is 234 g/mol. The molecular formula is C11H10N2O4. The molecule has 0 atom stereocenters. The fourth-order valence-corrected chi connectivity index (χ4v) is 1.57. The molecule has 0 aliphatic rings. The third-order valence-corrected chi connectivity index (χ3v) is 2.41. The minimum absolute atomic E-state index is 0.0269. The van der Waals surface area contributed by atoms with Crippen LogP contribution in [0, 0.1) is 0 Å². The summed E-state index contributed by atoms with van der Waals surface area (Å²) >= 11 is 0. The van der Waals surface area contributed by atoms with Gasteiger partial charge in [0, 0.05) is 6.42 Å². The zero-order valence-corrected chi connectivity index (χ0v) is 8.82. The molecule has 17 heavy (non-hydrogen) atoms. The van der Waals surface area contributed by atoms with Crippen molar-refractivity contribution in [2.75, 3.05) is 0 Å². The van der Waals surface area contributed by atoms with E-state index in [1.807, 2.05) is 0 Å². The first kappa shape index (κ1) is 11.1. The topological polar surface area (TPSA) is 103 Å². The van der Waals surface area contributed by atoms with Crippen LogP contribution in [0.15, 0.2) is 27.8 Å². The van der Waals surface area contributed by atoms with E-state index in [1.165, 1.54) is 0 Å². The molecule has 0 unspecified atom stereocenters. The van der Waals surface area contributed by atoms with Crippen LogP contribution in [0.5, 0.6) is 0 Å². The smallest absolute Gasteiger partial charge is 0.314 e. The number of benzene rings is 1. The van der Waals surface area contributed by atoms with Crippen LogP contribution in [0.1, 0.15) is 12.0 Å². The lowest BCUT2D eigenvalue weighted by molar-refractivity contribution is -0.136. The average Bonchev–Trinajstić information content (AvgIpc) is 2.28. The van der Waals surface area contributed by atoms with Gasteiger partial charge >= 0.3 is 17.1 Å². The number of rotatable bonds is 3. The number of aromatic amines is 2. The van der Waals surface area contributed by atoms with Gasteiger partial charge in [0.2, 0.25) is 0 Å². The standard InChI is InChI=1S/C11H10N2O4/c14-9(15)4-2-6-1-3-7-8(5-6)13-11(17)10(16)12-7/h1,3,5H,2,4H2,(H,12,16)(H,13,17)(H,14,15). The molecule has 0 amide bonds. The normalized spacial score (nSPS) is 10.6. The van der Waals surface area contributed by atoms with Crippen LogP contribution in [0.2, 0.25) is 0 Å². The number of carboxylic acid groups (broad SMARTS) is 1. The third kappa shape index (κ3) is 2.41. The van der Waals surface area contributed by atoms with Gasteiger partial charge in [-0.15, -0.1) is 0 Å². The molecule has 1 aromatic carbocycles. The van der Waals surface area contributed by atoms with Crippen molar-refractivity contribution in [3.8, 4) is 0 Å². The van der Waals surface area contributed by atoms with Crippen molar-refractivity contribution >= 4 is 17.0 Å². The van der Waals surface area contributed by atoms with E-state index >= 15 is 0 Å². The van der Waals surface area contributed by atoms with Crippen LogP contribution >= 0.6 is 0 Å². The molecule has 1 aromatic heterocycles. The highest BCUT2D eigenvalue weighted by molar-refractivity contribution is 5.74. The van der Waals surface area contributed by atoms with Gasteiger partial charge in [0.15, 0.2) is 0 Å². The van der Waals surface area contributed by atoms with Crippen LogP contribution in [0.25, 0.3) is 11.0 Å². The van der Waals surface area contributed by atoms with Gasteiger partial charge < -0.3 is 15.1 Å². The quantitative estimate of drug-likeness (QED) is 0.661. The second kappa shape index (κ2) is 4.25. The molecule has 3 N–H and O–H groups in total. The number of aromatic nitrogens is 2. The van der Waals surface area contributed by atoms with E-state index in [-0.39, 0.29) is 6.42 Å². The fourth-order valence-electron chi connectivity index (χ4n) is 1.57. The van der Waals surface area contributed by atoms with E-state index in [0.717, 1.165) is 5.56 Å². The molecule has 0 fully saturated rings. The number of carboxylic acids is 1. The summed E-state index contributed by atoms with van der Waals surface area (Å²) in [4.78, 5) is 37.5. The highest BCUT2D eigenvalue weighted by Gasteiger charge is 2.03. The number of hydrogen-bond donors (Lipinski definition) is 3. The Bertz CT molecular complexity index is 684. The number of hydrogen-bond acceptors (Lipinski definition) is 3. The lowest BCUT2D eigenvalue weighted by Gasteiger charge is -2.01. The molecule has 0 spiro atoms. The van der Waals surface area contributed by atoms with Crippen LogP contribution in [0.3, 0.4) is 0 Å². The first-order valence-corrected chi connectivity index (χ1v) is 5.03. The molecule has 0 radical (unpaired) electrons. The van der Waals surface area contributed by atoms with E-state index in [2.05, 4.69) is 9.97 Å². The minimum Gasteiger partial charge on any atom is -0.481 e. The largest absolute Gasteiger partial charge is 0.481 e. The lowest BCUT2D eigenvalue weighted by Crippen LogP contribution is -2.28. The third-order valence-electron chi connectivity index (χ3n) is 2.41. The summed E-state index contributed by atoms with van der Waals surface area (Å²) < 4.78 is 0.